The average Bonchev–Trinajstić information content (AvgIpc) is 2.47. The van der Waals surface area contributed by atoms with E-state index in [2.05, 4.69) is 5.32 Å². The van der Waals surface area contributed by atoms with Gasteiger partial charge in [-0.05, 0) is 37.2 Å². The van der Waals surface area contributed by atoms with Gasteiger partial charge in [-0.1, -0.05) is 31.2 Å². The summed E-state index contributed by atoms with van der Waals surface area (Å²) in [5, 5.41) is 3.22. The first-order valence-corrected chi connectivity index (χ1v) is 7.01. The lowest BCUT2D eigenvalue weighted by atomic mass is 10.1. The van der Waals surface area contributed by atoms with E-state index in [1.165, 1.54) is 12.1 Å². The van der Waals surface area contributed by atoms with Gasteiger partial charge in [0.25, 0.3) is 0 Å². The molecule has 0 bridgehead atoms. The van der Waals surface area contributed by atoms with E-state index in [4.69, 9.17) is 4.74 Å². The minimum absolute atomic E-state index is 0.00566. The van der Waals surface area contributed by atoms with Crippen LogP contribution >= 0.6 is 0 Å². The van der Waals surface area contributed by atoms with Crippen LogP contribution in [0.15, 0.2) is 42.5 Å². The highest BCUT2D eigenvalue weighted by molar-refractivity contribution is 5.31. The number of halogens is 2. The number of hydrogen-bond acceptors (Lipinski definition) is 2. The van der Waals surface area contributed by atoms with Crippen LogP contribution in [0.5, 0.6) is 5.75 Å². The molecule has 0 aliphatic heterocycles. The second kappa shape index (κ2) is 7.18. The lowest BCUT2D eigenvalue weighted by Gasteiger charge is -2.14. The van der Waals surface area contributed by atoms with E-state index in [1.54, 1.807) is 24.3 Å². The molecule has 0 heterocycles. The minimum Gasteiger partial charge on any atom is -0.486 e. The average molecular weight is 291 g/mol. The molecule has 0 saturated heterocycles. The molecule has 1 atom stereocenters. The van der Waals surface area contributed by atoms with Crippen molar-refractivity contribution >= 4 is 0 Å². The maximum Gasteiger partial charge on any atom is 0.165 e. The molecule has 112 valence electrons. The van der Waals surface area contributed by atoms with E-state index < -0.39 is 5.82 Å². The molecule has 2 rings (SSSR count). The largest absolute Gasteiger partial charge is 0.486 e. The molecular formula is C17H19F2NO. The summed E-state index contributed by atoms with van der Waals surface area (Å²) in [4.78, 5) is 0. The highest BCUT2D eigenvalue weighted by Crippen LogP contribution is 2.23. The van der Waals surface area contributed by atoms with E-state index in [1.807, 2.05) is 19.9 Å². The Kier molecular flexibility index (Phi) is 5.28. The van der Waals surface area contributed by atoms with Gasteiger partial charge in [-0.25, -0.2) is 8.78 Å². The second-order valence-electron chi connectivity index (χ2n) is 4.85. The molecule has 1 N–H and O–H groups in total. The molecule has 0 spiro atoms. The Morgan fingerprint density at radius 3 is 2.52 bits per heavy atom. The fourth-order valence-electron chi connectivity index (χ4n) is 2.10. The van der Waals surface area contributed by atoms with Crippen molar-refractivity contribution in [2.75, 3.05) is 6.54 Å². The number of benzene rings is 2. The quantitative estimate of drug-likeness (QED) is 0.860. The van der Waals surface area contributed by atoms with Crippen molar-refractivity contribution in [3.05, 3.63) is 65.2 Å². The Hall–Kier alpha value is -1.94. The molecule has 0 radical (unpaired) electrons. The van der Waals surface area contributed by atoms with Crippen LogP contribution in [0, 0.1) is 11.6 Å². The molecule has 0 saturated carbocycles. The standard InChI is InChI=1S/C17H19F2NO/c1-3-20-12(2)13-8-9-17(16(19)10-13)21-11-14-6-4-5-7-15(14)18/h4-10,12,20H,3,11H2,1-2H3. The monoisotopic (exact) mass is 291 g/mol. The molecule has 1 unspecified atom stereocenters. The summed E-state index contributed by atoms with van der Waals surface area (Å²) in [6, 6.07) is 11.2. The van der Waals surface area contributed by atoms with Gasteiger partial charge in [-0.15, -0.1) is 0 Å². The molecule has 0 amide bonds. The maximum atomic E-state index is 14.0. The summed E-state index contributed by atoms with van der Waals surface area (Å²) in [5.74, 6) is -0.658. The van der Waals surface area contributed by atoms with Crippen molar-refractivity contribution in [2.45, 2.75) is 26.5 Å². The Balaban J connectivity index is 2.06. The van der Waals surface area contributed by atoms with E-state index in [0.717, 1.165) is 12.1 Å². The highest BCUT2D eigenvalue weighted by atomic mass is 19.1. The van der Waals surface area contributed by atoms with Gasteiger partial charge in [0.2, 0.25) is 0 Å². The second-order valence-corrected chi connectivity index (χ2v) is 4.85. The molecule has 2 aromatic rings. The first-order chi connectivity index (χ1) is 10.1. The van der Waals surface area contributed by atoms with Crippen molar-refractivity contribution in [2.24, 2.45) is 0 Å². The summed E-state index contributed by atoms with van der Waals surface area (Å²) in [5.41, 5.74) is 1.26. The highest BCUT2D eigenvalue weighted by Gasteiger charge is 2.10. The molecule has 2 nitrogen and oxygen atoms in total. The van der Waals surface area contributed by atoms with Crippen LogP contribution in [0.1, 0.15) is 31.0 Å². The lowest BCUT2D eigenvalue weighted by molar-refractivity contribution is 0.284. The van der Waals surface area contributed by atoms with Crippen LogP contribution in [0.2, 0.25) is 0 Å². The van der Waals surface area contributed by atoms with Crippen molar-refractivity contribution in [1.82, 2.24) is 5.32 Å². The van der Waals surface area contributed by atoms with Crippen molar-refractivity contribution in [1.29, 1.82) is 0 Å². The SMILES string of the molecule is CCNC(C)c1ccc(OCc2ccccc2F)c(F)c1. The number of nitrogens with one attached hydrogen (secondary N) is 1. The predicted molar refractivity (Wildman–Crippen MR) is 79.2 cm³/mol. The van der Waals surface area contributed by atoms with Crippen molar-refractivity contribution in [3.8, 4) is 5.75 Å². The fraction of sp³-hybridized carbons (Fsp3) is 0.294. The van der Waals surface area contributed by atoms with Gasteiger partial charge in [0, 0.05) is 11.6 Å². The normalized spacial score (nSPS) is 12.2. The van der Waals surface area contributed by atoms with E-state index in [0.29, 0.717) is 5.56 Å². The van der Waals surface area contributed by atoms with E-state index >= 15 is 0 Å². The van der Waals surface area contributed by atoms with Crippen LogP contribution in [0.4, 0.5) is 8.78 Å². The molecule has 2 aromatic carbocycles. The summed E-state index contributed by atoms with van der Waals surface area (Å²) in [7, 11) is 0. The minimum atomic E-state index is -0.436. The van der Waals surface area contributed by atoms with Crippen LogP contribution in [-0.2, 0) is 6.61 Å². The summed E-state index contributed by atoms with van der Waals surface area (Å²) in [6.07, 6.45) is 0. The third-order valence-electron chi connectivity index (χ3n) is 3.31. The van der Waals surface area contributed by atoms with Crippen LogP contribution < -0.4 is 10.1 Å². The predicted octanol–water partition coefficient (Wildman–Crippen LogP) is 4.21. The zero-order chi connectivity index (χ0) is 15.2. The third-order valence-corrected chi connectivity index (χ3v) is 3.31. The third kappa shape index (κ3) is 4.02. The molecule has 0 aliphatic rings. The van der Waals surface area contributed by atoms with Gasteiger partial charge < -0.3 is 10.1 Å². The van der Waals surface area contributed by atoms with E-state index in [9.17, 15) is 8.78 Å². The van der Waals surface area contributed by atoms with Gasteiger partial charge in [0.15, 0.2) is 11.6 Å². The number of hydrogen-bond donors (Lipinski definition) is 1. The van der Waals surface area contributed by atoms with Gasteiger partial charge in [-0.3, -0.25) is 0 Å². The first kappa shape index (κ1) is 15.4. The van der Waals surface area contributed by atoms with Crippen molar-refractivity contribution in [3.63, 3.8) is 0 Å². The Bertz CT molecular complexity index is 601. The van der Waals surface area contributed by atoms with Gasteiger partial charge >= 0.3 is 0 Å². The topological polar surface area (TPSA) is 21.3 Å². The fourth-order valence-corrected chi connectivity index (χ4v) is 2.10. The Labute approximate surface area is 123 Å². The lowest BCUT2D eigenvalue weighted by Crippen LogP contribution is -2.17. The molecular weight excluding hydrogens is 272 g/mol. The van der Waals surface area contributed by atoms with Gasteiger partial charge in [0.1, 0.15) is 12.4 Å². The van der Waals surface area contributed by atoms with Crippen LogP contribution in [0.3, 0.4) is 0 Å². The first-order valence-electron chi connectivity index (χ1n) is 7.01. The number of ether oxygens (including phenoxy) is 1. The summed E-state index contributed by atoms with van der Waals surface area (Å²) in [6.45, 7) is 4.79. The van der Waals surface area contributed by atoms with E-state index in [-0.39, 0.29) is 24.2 Å². The smallest absolute Gasteiger partial charge is 0.165 e. The number of rotatable bonds is 6. The maximum absolute atomic E-state index is 14.0. The van der Waals surface area contributed by atoms with Crippen molar-refractivity contribution < 1.29 is 13.5 Å². The van der Waals surface area contributed by atoms with Crippen LogP contribution in [0.25, 0.3) is 0 Å². The summed E-state index contributed by atoms with van der Waals surface area (Å²) < 4.78 is 32.8. The molecule has 21 heavy (non-hydrogen) atoms. The van der Waals surface area contributed by atoms with Gasteiger partial charge in [0.05, 0.1) is 0 Å². The molecule has 0 aromatic heterocycles. The molecule has 4 heteroatoms. The molecule has 0 fully saturated rings. The van der Waals surface area contributed by atoms with Gasteiger partial charge in [-0.2, -0.15) is 0 Å². The zero-order valence-electron chi connectivity index (χ0n) is 12.2. The molecule has 0 aliphatic carbocycles. The Morgan fingerprint density at radius 1 is 1.10 bits per heavy atom. The Morgan fingerprint density at radius 2 is 1.86 bits per heavy atom. The summed E-state index contributed by atoms with van der Waals surface area (Å²) >= 11 is 0. The zero-order valence-corrected chi connectivity index (χ0v) is 12.2. The van der Waals surface area contributed by atoms with Crippen LogP contribution in [-0.4, -0.2) is 6.54 Å².